The van der Waals surface area contributed by atoms with E-state index in [-0.39, 0.29) is 16.9 Å². The lowest BCUT2D eigenvalue weighted by Crippen LogP contribution is -2.28. The molecule has 0 unspecified atom stereocenters. The molecule has 1 N–H and O–H groups in total. The highest BCUT2D eigenvalue weighted by Crippen LogP contribution is 2.23. The Morgan fingerprint density at radius 2 is 1.67 bits per heavy atom. The second-order valence-corrected chi connectivity index (χ2v) is 6.93. The summed E-state index contributed by atoms with van der Waals surface area (Å²) in [4.78, 5) is 25.8. The maximum Gasteiger partial charge on any atom is 0.261 e. The van der Waals surface area contributed by atoms with E-state index in [1.807, 2.05) is 32.0 Å². The summed E-state index contributed by atoms with van der Waals surface area (Å²) in [7, 11) is 0. The van der Waals surface area contributed by atoms with Crippen molar-refractivity contribution in [2.75, 3.05) is 5.32 Å². The van der Waals surface area contributed by atoms with Crippen LogP contribution in [0.1, 0.15) is 73.4 Å². The van der Waals surface area contributed by atoms with Gasteiger partial charge in [0.15, 0.2) is 5.43 Å². The van der Waals surface area contributed by atoms with Gasteiger partial charge in [0.1, 0.15) is 5.56 Å². The lowest BCUT2D eigenvalue weighted by atomic mass is 10.0. The van der Waals surface area contributed by atoms with Gasteiger partial charge in [-0.15, -0.1) is 0 Å². The third-order valence-corrected chi connectivity index (χ3v) is 5.22. The Hall–Kier alpha value is -2.36. The van der Waals surface area contributed by atoms with Crippen LogP contribution < -0.4 is 10.7 Å². The van der Waals surface area contributed by atoms with E-state index in [4.69, 9.17) is 0 Å². The summed E-state index contributed by atoms with van der Waals surface area (Å²) in [5, 5.41) is 3.05. The summed E-state index contributed by atoms with van der Waals surface area (Å²) in [5.74, 6) is -0.305. The van der Waals surface area contributed by atoms with Crippen molar-refractivity contribution in [2.45, 2.75) is 73.3 Å². The van der Waals surface area contributed by atoms with Crippen LogP contribution in [0, 0.1) is 6.92 Å². The van der Waals surface area contributed by atoms with Crippen LogP contribution >= 0.6 is 0 Å². The average Bonchev–Trinajstić information content (AvgIpc) is 2.66. The molecule has 0 aliphatic rings. The molecule has 0 saturated carbocycles. The van der Waals surface area contributed by atoms with Crippen molar-refractivity contribution >= 4 is 11.6 Å². The molecule has 27 heavy (non-hydrogen) atoms. The quantitative estimate of drug-likeness (QED) is 0.721. The Kier molecular flexibility index (Phi) is 7.40. The van der Waals surface area contributed by atoms with Crippen molar-refractivity contribution in [1.82, 2.24) is 4.57 Å². The maximum atomic E-state index is 13.1. The summed E-state index contributed by atoms with van der Waals surface area (Å²) >= 11 is 0. The molecule has 0 aliphatic heterocycles. The van der Waals surface area contributed by atoms with Crippen LogP contribution in [-0.4, -0.2) is 10.5 Å². The molecule has 0 aliphatic carbocycles. The minimum atomic E-state index is -0.305. The zero-order valence-electron chi connectivity index (χ0n) is 17.3. The number of hydrogen-bond acceptors (Lipinski definition) is 2. The summed E-state index contributed by atoms with van der Waals surface area (Å²) in [6.07, 6.45) is 4.53. The van der Waals surface area contributed by atoms with Crippen LogP contribution in [0.3, 0.4) is 0 Å². The number of rotatable bonds is 8. The Morgan fingerprint density at radius 3 is 2.19 bits per heavy atom. The normalized spacial score (nSPS) is 10.9. The molecule has 4 nitrogen and oxygen atoms in total. The van der Waals surface area contributed by atoms with Gasteiger partial charge in [-0.2, -0.15) is 0 Å². The molecule has 2 aromatic rings. The molecule has 0 atom stereocenters. The number of pyridine rings is 1. The first kappa shape index (κ1) is 20.9. The minimum Gasteiger partial charge on any atom is -0.348 e. The van der Waals surface area contributed by atoms with Crippen molar-refractivity contribution in [3.8, 4) is 0 Å². The van der Waals surface area contributed by atoms with E-state index < -0.39 is 0 Å². The number of anilines is 1. The van der Waals surface area contributed by atoms with Crippen LogP contribution in [0.4, 0.5) is 5.69 Å². The predicted molar refractivity (Wildman–Crippen MR) is 113 cm³/mol. The molecule has 0 radical (unpaired) electrons. The number of para-hydroxylation sites is 1. The van der Waals surface area contributed by atoms with E-state index in [9.17, 15) is 9.59 Å². The number of hydrogen-bond donors (Lipinski definition) is 1. The number of benzene rings is 1. The highest BCUT2D eigenvalue weighted by Gasteiger charge is 2.20. The monoisotopic (exact) mass is 368 g/mol. The largest absolute Gasteiger partial charge is 0.348 e. The second-order valence-electron chi connectivity index (χ2n) is 6.93. The first-order valence-corrected chi connectivity index (χ1v) is 10.1. The molecule has 0 spiro atoms. The molecule has 1 heterocycles. The number of unbranched alkanes of at least 4 members (excludes halogenated alkanes) is 1. The summed E-state index contributed by atoms with van der Waals surface area (Å²) in [6, 6.07) is 7.71. The molecular formula is C23H32N2O2. The van der Waals surface area contributed by atoms with Crippen molar-refractivity contribution in [2.24, 2.45) is 0 Å². The van der Waals surface area contributed by atoms with E-state index in [2.05, 4.69) is 30.7 Å². The van der Waals surface area contributed by atoms with Crippen molar-refractivity contribution in [1.29, 1.82) is 0 Å². The van der Waals surface area contributed by atoms with E-state index in [0.717, 1.165) is 66.9 Å². The number of carbonyl (C=O) groups excluding carboxylic acids is 1. The molecule has 0 fully saturated rings. The summed E-state index contributed by atoms with van der Waals surface area (Å²) in [6.45, 7) is 11.1. The number of amides is 1. The summed E-state index contributed by atoms with van der Waals surface area (Å²) in [5.41, 5.74) is 4.86. The van der Waals surface area contributed by atoms with E-state index in [0.29, 0.717) is 0 Å². The van der Waals surface area contributed by atoms with Gasteiger partial charge in [-0.1, -0.05) is 52.3 Å². The van der Waals surface area contributed by atoms with Gasteiger partial charge < -0.3 is 9.88 Å². The molecule has 0 saturated heterocycles. The standard InChI is InChI=1S/C23H32N2O2/c1-6-10-14-25-16(5)21(20(26)15-19(25)9-4)23(27)24-22-17(7-2)12-11-13-18(22)8-3/h11-13,15H,6-10,14H2,1-5H3,(H,24,27). The molecule has 4 heteroatoms. The van der Waals surface area contributed by atoms with Gasteiger partial charge >= 0.3 is 0 Å². The van der Waals surface area contributed by atoms with E-state index in [1.54, 1.807) is 6.07 Å². The van der Waals surface area contributed by atoms with Gasteiger partial charge in [0.2, 0.25) is 0 Å². The Labute approximate surface area is 162 Å². The van der Waals surface area contributed by atoms with Crippen LogP contribution in [0.25, 0.3) is 0 Å². The number of nitrogens with zero attached hydrogens (tertiary/aromatic N) is 1. The van der Waals surface area contributed by atoms with Crippen LogP contribution in [0.5, 0.6) is 0 Å². The number of nitrogens with one attached hydrogen (secondary N) is 1. The number of aryl methyl sites for hydroxylation is 3. The fraction of sp³-hybridized carbons (Fsp3) is 0.478. The SMILES string of the molecule is CCCCn1c(CC)cc(=O)c(C(=O)Nc2c(CC)cccc2CC)c1C. The van der Waals surface area contributed by atoms with Crippen LogP contribution in [0.15, 0.2) is 29.1 Å². The number of carbonyl (C=O) groups is 1. The van der Waals surface area contributed by atoms with E-state index in [1.165, 1.54) is 0 Å². The topological polar surface area (TPSA) is 51.1 Å². The second kappa shape index (κ2) is 9.54. The van der Waals surface area contributed by atoms with E-state index >= 15 is 0 Å². The van der Waals surface area contributed by atoms with Gasteiger partial charge in [0, 0.05) is 29.7 Å². The highest BCUT2D eigenvalue weighted by molar-refractivity contribution is 6.05. The Morgan fingerprint density at radius 1 is 1.04 bits per heavy atom. The summed E-state index contributed by atoms with van der Waals surface area (Å²) < 4.78 is 2.13. The fourth-order valence-electron chi connectivity index (χ4n) is 3.61. The zero-order valence-corrected chi connectivity index (χ0v) is 17.3. The maximum absolute atomic E-state index is 13.1. The van der Waals surface area contributed by atoms with Gasteiger partial charge in [-0.3, -0.25) is 9.59 Å². The fourth-order valence-corrected chi connectivity index (χ4v) is 3.61. The third-order valence-electron chi connectivity index (χ3n) is 5.22. The smallest absolute Gasteiger partial charge is 0.261 e. The molecule has 1 aromatic carbocycles. The molecule has 146 valence electrons. The zero-order chi connectivity index (χ0) is 20.0. The lowest BCUT2D eigenvalue weighted by Gasteiger charge is -2.20. The third kappa shape index (κ3) is 4.49. The molecule has 1 aromatic heterocycles. The van der Waals surface area contributed by atoms with Gasteiger partial charge in [-0.05, 0) is 43.7 Å². The minimum absolute atomic E-state index is 0.193. The molecule has 2 rings (SSSR count). The lowest BCUT2D eigenvalue weighted by molar-refractivity contribution is 0.102. The van der Waals surface area contributed by atoms with Crippen molar-refractivity contribution < 1.29 is 4.79 Å². The van der Waals surface area contributed by atoms with Gasteiger partial charge in [-0.25, -0.2) is 0 Å². The first-order chi connectivity index (χ1) is 13.0. The van der Waals surface area contributed by atoms with Gasteiger partial charge in [0.25, 0.3) is 5.91 Å². The van der Waals surface area contributed by atoms with Crippen molar-refractivity contribution in [3.63, 3.8) is 0 Å². The molecular weight excluding hydrogens is 336 g/mol. The predicted octanol–water partition coefficient (Wildman–Crippen LogP) is 4.90. The van der Waals surface area contributed by atoms with Crippen molar-refractivity contribution in [3.05, 3.63) is 62.6 Å². The highest BCUT2D eigenvalue weighted by atomic mass is 16.2. The Bertz CT molecular complexity index is 843. The van der Waals surface area contributed by atoms with Crippen LogP contribution in [0.2, 0.25) is 0 Å². The number of aromatic nitrogens is 1. The molecule has 0 bridgehead atoms. The Balaban J connectivity index is 2.50. The van der Waals surface area contributed by atoms with Gasteiger partial charge in [0.05, 0.1) is 0 Å². The molecule has 1 amide bonds. The van der Waals surface area contributed by atoms with Crippen LogP contribution in [-0.2, 0) is 25.8 Å². The average molecular weight is 369 g/mol. The first-order valence-electron chi connectivity index (χ1n) is 10.1.